The molecule has 1 aromatic carbocycles. The van der Waals surface area contributed by atoms with Crippen molar-refractivity contribution in [1.82, 2.24) is 30.4 Å². The summed E-state index contributed by atoms with van der Waals surface area (Å²) in [5.41, 5.74) is 0.870. The molecule has 1 N–H and O–H groups in total. The minimum atomic E-state index is -0.520. The summed E-state index contributed by atoms with van der Waals surface area (Å²) in [6.07, 6.45) is 0.426. The number of tetrazole rings is 1. The first-order chi connectivity index (χ1) is 11.1. The van der Waals surface area contributed by atoms with Crippen LogP contribution in [0.15, 0.2) is 24.3 Å². The lowest BCUT2D eigenvalue weighted by Crippen LogP contribution is -2.49. The summed E-state index contributed by atoms with van der Waals surface area (Å²) in [5.74, 6) is 0.282. The molecule has 8 heteroatoms. The molecule has 23 heavy (non-hydrogen) atoms. The fourth-order valence-electron chi connectivity index (χ4n) is 2.74. The average molecular weight is 318 g/mol. The van der Waals surface area contributed by atoms with Crippen molar-refractivity contribution in [3.8, 4) is 0 Å². The van der Waals surface area contributed by atoms with Crippen molar-refractivity contribution in [2.75, 3.05) is 26.2 Å². The Kier molecular flexibility index (Phi) is 4.61. The molecule has 0 bridgehead atoms. The van der Waals surface area contributed by atoms with Gasteiger partial charge in [-0.05, 0) is 35.0 Å². The summed E-state index contributed by atoms with van der Waals surface area (Å²) >= 11 is 0. The van der Waals surface area contributed by atoms with Gasteiger partial charge in [-0.25, -0.2) is 9.07 Å². The van der Waals surface area contributed by atoms with Crippen molar-refractivity contribution in [2.24, 2.45) is 0 Å². The van der Waals surface area contributed by atoms with E-state index >= 15 is 0 Å². The second-order valence-electron chi connectivity index (χ2n) is 5.59. The Morgan fingerprint density at radius 3 is 2.61 bits per heavy atom. The molecule has 7 nitrogen and oxygen atoms in total. The van der Waals surface area contributed by atoms with Gasteiger partial charge in [0, 0.05) is 32.6 Å². The second-order valence-corrected chi connectivity index (χ2v) is 5.59. The molecule has 1 amide bonds. The Morgan fingerprint density at radius 1 is 1.30 bits per heavy atom. The van der Waals surface area contributed by atoms with Crippen LogP contribution >= 0.6 is 0 Å². The molecule has 1 atom stereocenters. The van der Waals surface area contributed by atoms with Crippen LogP contribution in [-0.2, 0) is 11.2 Å². The van der Waals surface area contributed by atoms with Crippen LogP contribution in [0.2, 0.25) is 0 Å². The van der Waals surface area contributed by atoms with Crippen LogP contribution in [0, 0.1) is 12.7 Å². The first-order valence-corrected chi connectivity index (χ1v) is 7.63. The second kappa shape index (κ2) is 6.82. The van der Waals surface area contributed by atoms with Crippen molar-refractivity contribution in [3.63, 3.8) is 0 Å². The summed E-state index contributed by atoms with van der Waals surface area (Å²) in [4.78, 5) is 14.8. The lowest BCUT2D eigenvalue weighted by Gasteiger charge is -2.31. The van der Waals surface area contributed by atoms with Gasteiger partial charge in [0.05, 0.1) is 0 Å². The van der Waals surface area contributed by atoms with Gasteiger partial charge < -0.3 is 10.2 Å². The topological polar surface area (TPSA) is 75.9 Å². The highest BCUT2D eigenvalue weighted by atomic mass is 19.1. The molecule has 1 saturated heterocycles. The van der Waals surface area contributed by atoms with Crippen LogP contribution < -0.4 is 5.32 Å². The Morgan fingerprint density at radius 2 is 2.00 bits per heavy atom. The molecular weight excluding hydrogens is 299 g/mol. The third-order valence-corrected chi connectivity index (χ3v) is 4.01. The Balaban J connectivity index is 1.85. The van der Waals surface area contributed by atoms with E-state index in [4.69, 9.17) is 0 Å². The zero-order valence-electron chi connectivity index (χ0n) is 12.9. The smallest absolute Gasteiger partial charge is 0.248 e. The van der Waals surface area contributed by atoms with Crippen LogP contribution in [0.5, 0.6) is 0 Å². The lowest BCUT2D eigenvalue weighted by atomic mass is 10.0. The third kappa shape index (κ3) is 3.53. The molecule has 1 unspecified atom stereocenters. The summed E-state index contributed by atoms with van der Waals surface area (Å²) < 4.78 is 14.6. The number of halogens is 1. The highest BCUT2D eigenvalue weighted by Crippen LogP contribution is 2.18. The van der Waals surface area contributed by atoms with Crippen LogP contribution in [0.3, 0.4) is 0 Å². The van der Waals surface area contributed by atoms with Gasteiger partial charge in [-0.1, -0.05) is 12.1 Å². The third-order valence-electron chi connectivity index (χ3n) is 4.01. The molecule has 2 aromatic rings. The Labute approximate surface area is 133 Å². The maximum absolute atomic E-state index is 13.1. The number of carbonyl (C=O) groups is 1. The fraction of sp³-hybridized carbons (Fsp3) is 0.467. The molecule has 3 rings (SSSR count). The van der Waals surface area contributed by atoms with E-state index in [9.17, 15) is 9.18 Å². The standard InChI is InChI=1S/C15H19FN6O/c1-11-18-19-20-22(11)14(10-12-2-4-13(16)5-3-12)15(23)21-8-6-17-7-9-21/h2-5,14,17H,6-10H2,1H3. The van der Waals surface area contributed by atoms with Gasteiger partial charge in [0.1, 0.15) is 17.7 Å². The van der Waals surface area contributed by atoms with E-state index in [1.54, 1.807) is 23.7 Å². The van der Waals surface area contributed by atoms with E-state index in [1.807, 2.05) is 4.90 Å². The predicted octanol–water partition coefficient (Wildman–Crippen LogP) is 0.336. The molecule has 0 radical (unpaired) electrons. The lowest BCUT2D eigenvalue weighted by molar-refractivity contribution is -0.135. The zero-order valence-corrected chi connectivity index (χ0v) is 12.9. The van der Waals surface area contributed by atoms with E-state index < -0.39 is 6.04 Å². The molecule has 1 aliphatic rings. The highest BCUT2D eigenvalue weighted by Gasteiger charge is 2.29. The van der Waals surface area contributed by atoms with E-state index in [0.717, 1.165) is 18.7 Å². The van der Waals surface area contributed by atoms with E-state index in [0.29, 0.717) is 25.3 Å². The van der Waals surface area contributed by atoms with Crippen LogP contribution in [0.1, 0.15) is 17.4 Å². The largest absolute Gasteiger partial charge is 0.338 e. The first-order valence-electron chi connectivity index (χ1n) is 7.63. The van der Waals surface area contributed by atoms with Crippen LogP contribution in [0.25, 0.3) is 0 Å². The summed E-state index contributed by atoms with van der Waals surface area (Å²) in [6, 6.07) is 5.65. The number of hydrogen-bond donors (Lipinski definition) is 1. The fourth-order valence-corrected chi connectivity index (χ4v) is 2.74. The van der Waals surface area contributed by atoms with Gasteiger partial charge in [-0.3, -0.25) is 4.79 Å². The predicted molar refractivity (Wildman–Crippen MR) is 81.1 cm³/mol. The normalized spacial score (nSPS) is 16.3. The van der Waals surface area contributed by atoms with E-state index in [2.05, 4.69) is 20.8 Å². The summed E-state index contributed by atoms with van der Waals surface area (Å²) in [6.45, 7) is 4.66. The van der Waals surface area contributed by atoms with Crippen molar-refractivity contribution in [1.29, 1.82) is 0 Å². The monoisotopic (exact) mass is 318 g/mol. The molecule has 0 aliphatic carbocycles. The molecule has 0 saturated carbocycles. The Bertz CT molecular complexity index is 665. The van der Waals surface area contributed by atoms with Gasteiger partial charge in [0.25, 0.3) is 0 Å². The first kappa shape index (κ1) is 15.5. The molecular formula is C15H19FN6O. The molecule has 1 aromatic heterocycles. The van der Waals surface area contributed by atoms with Gasteiger partial charge >= 0.3 is 0 Å². The minimum Gasteiger partial charge on any atom is -0.338 e. The van der Waals surface area contributed by atoms with Gasteiger partial charge in [-0.2, -0.15) is 0 Å². The molecule has 2 heterocycles. The van der Waals surface area contributed by atoms with Gasteiger partial charge in [0.15, 0.2) is 0 Å². The van der Waals surface area contributed by atoms with Crippen molar-refractivity contribution in [2.45, 2.75) is 19.4 Å². The Hall–Kier alpha value is -2.35. The van der Waals surface area contributed by atoms with E-state index in [1.165, 1.54) is 12.1 Å². The number of aromatic nitrogens is 4. The van der Waals surface area contributed by atoms with Crippen LogP contribution in [0.4, 0.5) is 4.39 Å². The number of piperazine rings is 1. The summed E-state index contributed by atoms with van der Waals surface area (Å²) in [5, 5.41) is 14.7. The molecule has 1 aliphatic heterocycles. The number of hydrogen-bond acceptors (Lipinski definition) is 5. The van der Waals surface area contributed by atoms with Crippen LogP contribution in [-0.4, -0.2) is 57.2 Å². The van der Waals surface area contributed by atoms with Crippen molar-refractivity contribution < 1.29 is 9.18 Å². The number of nitrogens with zero attached hydrogens (tertiary/aromatic N) is 5. The number of benzene rings is 1. The highest BCUT2D eigenvalue weighted by molar-refractivity contribution is 5.81. The van der Waals surface area contributed by atoms with Gasteiger partial charge in [0.2, 0.25) is 5.91 Å². The zero-order chi connectivity index (χ0) is 16.2. The SMILES string of the molecule is Cc1nnnn1C(Cc1ccc(F)cc1)C(=O)N1CCNCC1. The number of aryl methyl sites for hydroxylation is 1. The number of carbonyl (C=O) groups excluding carboxylic acids is 1. The van der Waals surface area contributed by atoms with Crippen molar-refractivity contribution >= 4 is 5.91 Å². The number of rotatable bonds is 4. The van der Waals surface area contributed by atoms with Crippen molar-refractivity contribution in [3.05, 3.63) is 41.5 Å². The molecule has 122 valence electrons. The molecule has 0 spiro atoms. The quantitative estimate of drug-likeness (QED) is 0.879. The minimum absolute atomic E-state index is 0.00812. The number of amides is 1. The van der Waals surface area contributed by atoms with Gasteiger partial charge in [-0.15, -0.1) is 5.10 Å². The van der Waals surface area contributed by atoms with E-state index in [-0.39, 0.29) is 11.7 Å². The summed E-state index contributed by atoms with van der Waals surface area (Å²) in [7, 11) is 0. The number of nitrogens with one attached hydrogen (secondary N) is 1. The molecule has 1 fully saturated rings. The maximum Gasteiger partial charge on any atom is 0.248 e. The average Bonchev–Trinajstić information content (AvgIpc) is 3.00. The maximum atomic E-state index is 13.1.